The highest BCUT2D eigenvalue weighted by Gasteiger charge is 2.59. The van der Waals surface area contributed by atoms with Gasteiger partial charge in [-0.2, -0.15) is 0 Å². The number of hydrogen-bond acceptors (Lipinski definition) is 5. The predicted molar refractivity (Wildman–Crippen MR) is 139 cm³/mol. The van der Waals surface area contributed by atoms with Gasteiger partial charge in [-0.1, -0.05) is 69.7 Å². The summed E-state index contributed by atoms with van der Waals surface area (Å²) in [5.74, 6) is -2.75. The van der Waals surface area contributed by atoms with Crippen LogP contribution < -0.4 is 0 Å². The van der Waals surface area contributed by atoms with E-state index in [0.29, 0.717) is 0 Å². The molecular weight excluding hydrogens is 464 g/mol. The molecule has 0 bridgehead atoms. The summed E-state index contributed by atoms with van der Waals surface area (Å²) in [5, 5.41) is 10.6. The fourth-order valence-electron chi connectivity index (χ4n) is 6.50. The molecule has 5 nitrogen and oxygen atoms in total. The molecule has 1 fully saturated rings. The van der Waals surface area contributed by atoms with E-state index < -0.39 is 35.3 Å². The summed E-state index contributed by atoms with van der Waals surface area (Å²) in [6.07, 6.45) is 12.5. The van der Waals surface area contributed by atoms with Gasteiger partial charge >= 0.3 is 5.97 Å². The minimum atomic E-state index is -1.04. The first kappa shape index (κ1) is 27.7. The molecule has 0 aromatic rings. The Balaban J connectivity index is 2.18. The number of allylic oxidation sites excluding steroid dienone is 6. The van der Waals surface area contributed by atoms with Gasteiger partial charge in [-0.05, 0) is 68.3 Å². The zero-order valence-electron chi connectivity index (χ0n) is 22.2. The van der Waals surface area contributed by atoms with E-state index in [4.69, 9.17) is 21.1 Å². The maximum Gasteiger partial charge on any atom is 0.316 e. The number of hydrogen-bond donors (Lipinski definition) is 1. The average Bonchev–Trinajstić information content (AvgIpc) is 2.81. The molecule has 1 saturated carbocycles. The quantitative estimate of drug-likeness (QED) is 0.330. The maximum atomic E-state index is 14.1. The van der Waals surface area contributed by atoms with Crippen LogP contribution >= 0.6 is 11.6 Å². The lowest BCUT2D eigenvalue weighted by molar-refractivity contribution is -0.186. The molecule has 35 heavy (non-hydrogen) atoms. The van der Waals surface area contributed by atoms with Gasteiger partial charge in [0.15, 0.2) is 5.78 Å². The van der Waals surface area contributed by atoms with Crippen LogP contribution in [0.25, 0.3) is 0 Å². The van der Waals surface area contributed by atoms with Crippen molar-refractivity contribution in [3.05, 3.63) is 47.2 Å². The van der Waals surface area contributed by atoms with E-state index in [2.05, 4.69) is 52.8 Å². The fourth-order valence-corrected chi connectivity index (χ4v) is 6.79. The van der Waals surface area contributed by atoms with E-state index in [1.54, 1.807) is 20.1 Å². The second-order valence-corrected chi connectivity index (χ2v) is 11.9. The molecule has 0 saturated heterocycles. The molecule has 9 atom stereocenters. The highest BCUT2D eigenvalue weighted by Crippen LogP contribution is 2.59. The second kappa shape index (κ2) is 10.3. The Kier molecular flexibility index (Phi) is 8.13. The molecule has 1 aliphatic heterocycles. The number of ether oxygens (including phenoxy) is 2. The van der Waals surface area contributed by atoms with Crippen molar-refractivity contribution < 1.29 is 24.2 Å². The minimum Gasteiger partial charge on any atom is -0.510 e. The molecule has 0 radical (unpaired) electrons. The van der Waals surface area contributed by atoms with E-state index in [1.165, 1.54) is 6.92 Å². The molecule has 194 valence electrons. The monoisotopic (exact) mass is 504 g/mol. The third-order valence-electron chi connectivity index (χ3n) is 9.19. The molecular formula is C29H41ClO5. The first-order valence-electron chi connectivity index (χ1n) is 12.7. The van der Waals surface area contributed by atoms with Crippen LogP contribution in [0.4, 0.5) is 0 Å². The Hall–Kier alpha value is -1.85. The highest BCUT2D eigenvalue weighted by molar-refractivity contribution is 6.43. The van der Waals surface area contributed by atoms with Crippen LogP contribution in [0.3, 0.4) is 0 Å². The number of aliphatic hydroxyl groups excluding tert-OH is 1. The van der Waals surface area contributed by atoms with Crippen molar-refractivity contribution in [1.29, 1.82) is 0 Å². The first-order valence-corrected chi connectivity index (χ1v) is 13.1. The minimum absolute atomic E-state index is 0.0291. The van der Waals surface area contributed by atoms with Crippen LogP contribution in [-0.4, -0.2) is 35.7 Å². The Morgan fingerprint density at radius 2 is 1.66 bits per heavy atom. The molecule has 1 heterocycles. The number of cyclic esters (lactones) is 1. The molecule has 3 aliphatic rings. The molecule has 0 amide bonds. The lowest BCUT2D eigenvalue weighted by Crippen LogP contribution is -2.60. The topological polar surface area (TPSA) is 72.8 Å². The SMILES string of the molecule is CO[C@]1(C)[C@@H](C)[C@@H]2C(C=C[C@@H]3[C@H]2C(=O)/C(Cl)=C(\O)[C@H](C)C(=O)O[C@@H](C)/C=C/C=C\[C@H]3C)CC1(C)C. The summed E-state index contributed by atoms with van der Waals surface area (Å²) in [7, 11) is 1.74. The van der Waals surface area contributed by atoms with Crippen molar-refractivity contribution in [3.63, 3.8) is 0 Å². The van der Waals surface area contributed by atoms with Crippen LogP contribution in [-0.2, 0) is 19.1 Å². The molecule has 0 aromatic carbocycles. The van der Waals surface area contributed by atoms with E-state index in [-0.39, 0.29) is 45.8 Å². The van der Waals surface area contributed by atoms with Gasteiger partial charge in [-0.3, -0.25) is 9.59 Å². The first-order chi connectivity index (χ1) is 16.3. The van der Waals surface area contributed by atoms with E-state index in [9.17, 15) is 14.7 Å². The van der Waals surface area contributed by atoms with Gasteiger partial charge in [0.05, 0.1) is 5.60 Å². The third kappa shape index (κ3) is 4.91. The molecule has 1 N–H and O–H groups in total. The summed E-state index contributed by atoms with van der Waals surface area (Å²) < 4.78 is 11.6. The van der Waals surface area contributed by atoms with Crippen molar-refractivity contribution >= 4 is 23.4 Å². The van der Waals surface area contributed by atoms with Crippen LogP contribution in [0.2, 0.25) is 0 Å². The van der Waals surface area contributed by atoms with Gasteiger partial charge in [0.2, 0.25) is 0 Å². The number of rotatable bonds is 1. The fraction of sp³-hybridized carbons (Fsp3) is 0.655. The number of Topliss-reactive ketones (excluding diaryl/α,β-unsaturated/α-hetero) is 1. The number of esters is 1. The number of ketones is 1. The zero-order chi connectivity index (χ0) is 26.3. The van der Waals surface area contributed by atoms with Gasteiger partial charge in [0.25, 0.3) is 0 Å². The second-order valence-electron chi connectivity index (χ2n) is 11.5. The maximum absolute atomic E-state index is 14.1. The van der Waals surface area contributed by atoms with Crippen LogP contribution in [0.5, 0.6) is 0 Å². The largest absolute Gasteiger partial charge is 0.510 e. The Morgan fingerprint density at radius 1 is 1.03 bits per heavy atom. The molecule has 0 spiro atoms. The number of carbonyl (C=O) groups excluding carboxylic acids is 2. The van der Waals surface area contributed by atoms with Crippen molar-refractivity contribution in [2.24, 2.45) is 46.8 Å². The zero-order valence-corrected chi connectivity index (χ0v) is 23.0. The van der Waals surface area contributed by atoms with E-state index in [0.717, 1.165) is 6.42 Å². The lowest BCUT2D eigenvalue weighted by atomic mass is 9.48. The van der Waals surface area contributed by atoms with E-state index in [1.807, 2.05) is 12.2 Å². The Labute approximate surface area is 215 Å². The van der Waals surface area contributed by atoms with Gasteiger partial charge in [-0.25, -0.2) is 0 Å². The van der Waals surface area contributed by atoms with E-state index >= 15 is 0 Å². The number of methoxy groups -OCH3 is 1. The summed E-state index contributed by atoms with van der Waals surface area (Å²) >= 11 is 6.58. The Morgan fingerprint density at radius 3 is 2.29 bits per heavy atom. The predicted octanol–water partition coefficient (Wildman–Crippen LogP) is 6.40. The number of fused-ring (bicyclic) bond motifs is 3. The van der Waals surface area contributed by atoms with Gasteiger partial charge in [-0.15, -0.1) is 0 Å². The average molecular weight is 505 g/mol. The van der Waals surface area contributed by atoms with Gasteiger partial charge in [0, 0.05) is 13.0 Å². The number of carbonyl (C=O) groups is 2. The number of halogens is 1. The summed E-state index contributed by atoms with van der Waals surface area (Å²) in [6, 6.07) is 0. The smallest absolute Gasteiger partial charge is 0.316 e. The van der Waals surface area contributed by atoms with Crippen molar-refractivity contribution in [3.8, 4) is 0 Å². The summed E-state index contributed by atoms with van der Waals surface area (Å²) in [6.45, 7) is 14.1. The normalized spacial score (nSPS) is 46.1. The third-order valence-corrected chi connectivity index (χ3v) is 9.57. The van der Waals surface area contributed by atoms with Crippen LogP contribution in [0, 0.1) is 46.8 Å². The molecule has 0 aromatic heterocycles. The van der Waals surface area contributed by atoms with Gasteiger partial charge < -0.3 is 14.6 Å². The van der Waals surface area contributed by atoms with Crippen molar-refractivity contribution in [1.82, 2.24) is 0 Å². The van der Waals surface area contributed by atoms with Crippen molar-refractivity contribution in [2.45, 2.75) is 66.6 Å². The van der Waals surface area contributed by atoms with Gasteiger partial charge in [0.1, 0.15) is 22.8 Å². The van der Waals surface area contributed by atoms with Crippen LogP contribution in [0.1, 0.15) is 54.9 Å². The standard InChI is InChI=1S/C29H41ClO5/c1-16-11-9-10-12-17(2)35-27(33)18(3)25(31)24(30)26(32)23-21(16)14-13-20-15-28(5,6)29(7,34-8)19(4)22(20)23/h9-14,16-23,31H,15H2,1-8H3/b11-9-,12-10+,25-24+/t16-,17+,18+,19+,20?,21+,22-,23-,29-/m1/s1. The highest BCUT2D eigenvalue weighted by atomic mass is 35.5. The molecule has 3 rings (SSSR count). The summed E-state index contributed by atoms with van der Waals surface area (Å²) in [5.41, 5.74) is -0.548. The molecule has 1 unspecified atom stereocenters. The molecule has 2 aliphatic carbocycles. The molecule has 6 heteroatoms. The Bertz CT molecular complexity index is 960. The van der Waals surface area contributed by atoms with Crippen LogP contribution in [0.15, 0.2) is 47.2 Å². The number of aliphatic hydroxyl groups is 1. The van der Waals surface area contributed by atoms with Crippen molar-refractivity contribution in [2.75, 3.05) is 7.11 Å². The lowest BCUT2D eigenvalue weighted by Gasteiger charge is -2.59. The summed E-state index contributed by atoms with van der Waals surface area (Å²) in [4.78, 5) is 26.7.